The summed E-state index contributed by atoms with van der Waals surface area (Å²) in [6.45, 7) is 3.04. The summed E-state index contributed by atoms with van der Waals surface area (Å²) in [7, 11) is 1.86. The Kier molecular flexibility index (Phi) is 5.86. The molecule has 1 rings (SSSR count). The third kappa shape index (κ3) is 5.60. The number of carbonyl (C=O) groups excluding carboxylic acids is 2. The number of carbonyl (C=O) groups is 2. The fraction of sp³-hybridized carbons (Fsp3) is 0.500. The highest BCUT2D eigenvalue weighted by atomic mass is 32.1. The minimum absolute atomic E-state index is 0.110. The summed E-state index contributed by atoms with van der Waals surface area (Å²) in [6, 6.07) is 2.02. The van der Waals surface area contributed by atoms with Crippen LogP contribution in [-0.2, 0) is 20.9 Å². The molecule has 0 radical (unpaired) electrons. The lowest BCUT2D eigenvalue weighted by Crippen LogP contribution is -2.27. The number of rotatable bonds is 7. The molecule has 0 saturated heterocycles. The fourth-order valence-electron chi connectivity index (χ4n) is 1.48. The van der Waals surface area contributed by atoms with Gasteiger partial charge in [-0.25, -0.2) is 0 Å². The van der Waals surface area contributed by atoms with E-state index in [2.05, 4.69) is 0 Å². The molecule has 0 amide bonds. The van der Waals surface area contributed by atoms with E-state index >= 15 is 0 Å². The molecule has 0 N–H and O–H groups in total. The standard InChI is InChI=1S/C12H17NO3S/c1-3-16-12(15)6-11(14)8-13(2)7-10-4-5-17-9-10/h4-5,9H,3,6-8H2,1-2H3. The van der Waals surface area contributed by atoms with Crippen LogP contribution >= 0.6 is 11.3 Å². The van der Waals surface area contributed by atoms with E-state index in [0.29, 0.717) is 6.61 Å². The molecule has 1 aromatic heterocycles. The molecule has 1 aromatic rings. The first-order chi connectivity index (χ1) is 8.11. The summed E-state index contributed by atoms with van der Waals surface area (Å²) in [5, 5.41) is 4.05. The summed E-state index contributed by atoms with van der Waals surface area (Å²) in [5.74, 6) is -0.553. The number of nitrogens with zero attached hydrogens (tertiary/aromatic N) is 1. The van der Waals surface area contributed by atoms with Crippen molar-refractivity contribution in [3.8, 4) is 0 Å². The Bertz CT molecular complexity index is 362. The minimum Gasteiger partial charge on any atom is -0.466 e. The molecule has 4 nitrogen and oxygen atoms in total. The minimum atomic E-state index is -0.443. The van der Waals surface area contributed by atoms with E-state index in [1.807, 2.05) is 28.8 Å². The van der Waals surface area contributed by atoms with Gasteiger partial charge in [-0.1, -0.05) is 0 Å². The van der Waals surface area contributed by atoms with Crippen LogP contribution in [0.2, 0.25) is 0 Å². The molecule has 0 fully saturated rings. The van der Waals surface area contributed by atoms with Crippen LogP contribution in [0.5, 0.6) is 0 Å². The van der Waals surface area contributed by atoms with E-state index < -0.39 is 5.97 Å². The van der Waals surface area contributed by atoms with Crippen LogP contribution in [0.3, 0.4) is 0 Å². The van der Waals surface area contributed by atoms with Crippen LogP contribution in [0.4, 0.5) is 0 Å². The number of hydrogen-bond donors (Lipinski definition) is 0. The third-order valence-electron chi connectivity index (χ3n) is 2.13. The van der Waals surface area contributed by atoms with Crippen molar-refractivity contribution in [3.63, 3.8) is 0 Å². The van der Waals surface area contributed by atoms with Crippen molar-refractivity contribution in [2.24, 2.45) is 0 Å². The molecule has 1 heterocycles. The van der Waals surface area contributed by atoms with Crippen LogP contribution in [0, 0.1) is 0 Å². The van der Waals surface area contributed by atoms with Gasteiger partial charge in [0.05, 0.1) is 13.2 Å². The predicted molar refractivity (Wildman–Crippen MR) is 66.9 cm³/mol. The monoisotopic (exact) mass is 255 g/mol. The van der Waals surface area contributed by atoms with Gasteiger partial charge in [0.1, 0.15) is 6.42 Å². The van der Waals surface area contributed by atoms with E-state index in [1.165, 1.54) is 5.56 Å². The third-order valence-corrected chi connectivity index (χ3v) is 2.86. The first-order valence-corrected chi connectivity index (χ1v) is 6.43. The highest BCUT2D eigenvalue weighted by Crippen LogP contribution is 2.08. The second-order valence-corrected chi connectivity index (χ2v) is 4.60. The van der Waals surface area contributed by atoms with Gasteiger partial charge in [-0.2, -0.15) is 11.3 Å². The number of thiophene rings is 1. The second kappa shape index (κ2) is 7.19. The Morgan fingerprint density at radius 3 is 2.82 bits per heavy atom. The molecule has 94 valence electrons. The van der Waals surface area contributed by atoms with Crippen LogP contribution in [0.15, 0.2) is 16.8 Å². The molecule has 0 aliphatic heterocycles. The van der Waals surface area contributed by atoms with E-state index in [1.54, 1.807) is 18.3 Å². The van der Waals surface area contributed by atoms with E-state index in [4.69, 9.17) is 4.74 Å². The van der Waals surface area contributed by atoms with Gasteiger partial charge in [-0.3, -0.25) is 14.5 Å². The second-order valence-electron chi connectivity index (χ2n) is 3.82. The topological polar surface area (TPSA) is 46.6 Å². The number of esters is 1. The average molecular weight is 255 g/mol. The Hall–Kier alpha value is -1.20. The van der Waals surface area contributed by atoms with Gasteiger partial charge < -0.3 is 4.74 Å². The molecular formula is C12H17NO3S. The normalized spacial score (nSPS) is 10.5. The van der Waals surface area contributed by atoms with Gasteiger partial charge in [0.15, 0.2) is 5.78 Å². The van der Waals surface area contributed by atoms with E-state index in [-0.39, 0.29) is 18.7 Å². The zero-order chi connectivity index (χ0) is 12.7. The molecular weight excluding hydrogens is 238 g/mol. The smallest absolute Gasteiger partial charge is 0.313 e. The Labute approximate surface area is 105 Å². The zero-order valence-corrected chi connectivity index (χ0v) is 11.0. The summed E-state index contributed by atoms with van der Waals surface area (Å²) >= 11 is 1.63. The maximum atomic E-state index is 11.5. The van der Waals surface area contributed by atoms with Gasteiger partial charge in [-0.15, -0.1) is 0 Å². The summed E-state index contributed by atoms with van der Waals surface area (Å²) < 4.78 is 4.72. The van der Waals surface area contributed by atoms with Crippen molar-refractivity contribution in [2.45, 2.75) is 19.9 Å². The summed E-state index contributed by atoms with van der Waals surface area (Å²) in [6.07, 6.45) is -0.137. The first-order valence-electron chi connectivity index (χ1n) is 5.48. The molecule has 0 saturated carbocycles. The van der Waals surface area contributed by atoms with Gasteiger partial charge >= 0.3 is 5.97 Å². The fourth-order valence-corrected chi connectivity index (χ4v) is 2.14. The highest BCUT2D eigenvalue weighted by Gasteiger charge is 2.12. The Balaban J connectivity index is 2.28. The van der Waals surface area contributed by atoms with Gasteiger partial charge in [-0.05, 0) is 36.4 Å². The number of Topliss-reactive ketones (excluding diaryl/α,β-unsaturated/α-hetero) is 1. The van der Waals surface area contributed by atoms with Gasteiger partial charge in [0.25, 0.3) is 0 Å². The average Bonchev–Trinajstić information content (AvgIpc) is 2.69. The number of ketones is 1. The van der Waals surface area contributed by atoms with Crippen molar-refractivity contribution < 1.29 is 14.3 Å². The van der Waals surface area contributed by atoms with E-state index in [0.717, 1.165) is 6.54 Å². The number of likely N-dealkylation sites (N-methyl/N-ethyl adjacent to an activating group) is 1. The van der Waals surface area contributed by atoms with E-state index in [9.17, 15) is 9.59 Å². The molecule has 0 aromatic carbocycles. The molecule has 17 heavy (non-hydrogen) atoms. The van der Waals surface area contributed by atoms with Crippen molar-refractivity contribution in [3.05, 3.63) is 22.4 Å². The van der Waals surface area contributed by atoms with Crippen LogP contribution < -0.4 is 0 Å². The lowest BCUT2D eigenvalue weighted by Gasteiger charge is -2.14. The molecule has 0 unspecified atom stereocenters. The lowest BCUT2D eigenvalue weighted by atomic mass is 10.2. The largest absolute Gasteiger partial charge is 0.466 e. The Morgan fingerprint density at radius 2 is 2.24 bits per heavy atom. The van der Waals surface area contributed by atoms with Crippen molar-refractivity contribution >= 4 is 23.1 Å². The van der Waals surface area contributed by atoms with Crippen LogP contribution in [0.1, 0.15) is 18.9 Å². The zero-order valence-electron chi connectivity index (χ0n) is 10.1. The summed E-state index contributed by atoms with van der Waals surface area (Å²) in [4.78, 5) is 24.5. The molecule has 0 spiro atoms. The molecule has 0 aliphatic rings. The molecule has 0 bridgehead atoms. The van der Waals surface area contributed by atoms with Gasteiger partial charge in [0, 0.05) is 6.54 Å². The number of ether oxygens (including phenoxy) is 1. The van der Waals surface area contributed by atoms with Crippen molar-refractivity contribution in [2.75, 3.05) is 20.2 Å². The van der Waals surface area contributed by atoms with Crippen molar-refractivity contribution in [1.29, 1.82) is 0 Å². The predicted octanol–water partition coefficient (Wildman–Crippen LogP) is 1.70. The summed E-state index contributed by atoms with van der Waals surface area (Å²) in [5.41, 5.74) is 1.18. The SMILES string of the molecule is CCOC(=O)CC(=O)CN(C)Cc1ccsc1. The molecule has 0 aliphatic carbocycles. The van der Waals surface area contributed by atoms with Crippen LogP contribution in [-0.4, -0.2) is 36.9 Å². The maximum Gasteiger partial charge on any atom is 0.313 e. The van der Waals surface area contributed by atoms with Gasteiger partial charge in [0.2, 0.25) is 0 Å². The Morgan fingerprint density at radius 1 is 1.47 bits per heavy atom. The highest BCUT2D eigenvalue weighted by molar-refractivity contribution is 7.07. The lowest BCUT2D eigenvalue weighted by molar-refractivity contribution is -0.145. The first kappa shape index (κ1) is 13.9. The van der Waals surface area contributed by atoms with Crippen molar-refractivity contribution in [1.82, 2.24) is 4.90 Å². The van der Waals surface area contributed by atoms with Crippen LogP contribution in [0.25, 0.3) is 0 Å². The molecule has 5 heteroatoms. The molecule has 0 atom stereocenters. The maximum absolute atomic E-state index is 11.5. The number of hydrogen-bond acceptors (Lipinski definition) is 5. The quantitative estimate of drug-likeness (QED) is 0.549.